The third kappa shape index (κ3) is 3.59. The molecule has 0 amide bonds. The lowest BCUT2D eigenvalue weighted by Crippen LogP contribution is -2.22. The van der Waals surface area contributed by atoms with Crippen molar-refractivity contribution in [2.24, 2.45) is 5.92 Å². The lowest BCUT2D eigenvalue weighted by Gasteiger charge is -2.26. The van der Waals surface area contributed by atoms with E-state index >= 15 is 0 Å². The van der Waals surface area contributed by atoms with Gasteiger partial charge in [0.25, 0.3) is 0 Å². The number of hydrogen-bond donors (Lipinski definition) is 1. The molecular weight excluding hydrogens is 336 g/mol. The number of hydrogen-bond acceptors (Lipinski definition) is 2. The number of rotatable bonds is 5. The summed E-state index contributed by atoms with van der Waals surface area (Å²) in [4.78, 5) is 23.7. The maximum absolute atomic E-state index is 12.9. The predicted molar refractivity (Wildman–Crippen MR) is 108 cm³/mol. The van der Waals surface area contributed by atoms with Crippen molar-refractivity contribution in [3.8, 4) is 0 Å². The quantitative estimate of drug-likeness (QED) is 0.584. The smallest absolute Gasteiger partial charge is 0.328 e. The molecular formula is C24H26O3. The van der Waals surface area contributed by atoms with Gasteiger partial charge in [0.05, 0.1) is 0 Å². The van der Waals surface area contributed by atoms with Crippen LogP contribution in [0.2, 0.25) is 0 Å². The minimum atomic E-state index is -1.000. The van der Waals surface area contributed by atoms with Crippen LogP contribution in [0.3, 0.4) is 0 Å². The van der Waals surface area contributed by atoms with Crippen LogP contribution in [-0.2, 0) is 16.6 Å². The van der Waals surface area contributed by atoms with Gasteiger partial charge in [-0.25, -0.2) is 4.79 Å². The fraction of sp³-hybridized carbons (Fsp3) is 0.333. The number of benzene rings is 2. The zero-order valence-electron chi connectivity index (χ0n) is 16.3. The number of fused-ring (bicyclic) bond motifs is 1. The largest absolute Gasteiger partial charge is 0.478 e. The first-order valence-electron chi connectivity index (χ1n) is 9.38. The van der Waals surface area contributed by atoms with Crippen LogP contribution in [0, 0.1) is 5.92 Å². The van der Waals surface area contributed by atoms with E-state index in [1.54, 1.807) is 6.08 Å². The molecule has 0 spiro atoms. The number of carboxylic acids is 1. The van der Waals surface area contributed by atoms with Crippen molar-refractivity contribution < 1.29 is 14.7 Å². The molecule has 0 saturated carbocycles. The number of carbonyl (C=O) groups is 2. The Morgan fingerprint density at radius 3 is 2.52 bits per heavy atom. The summed E-state index contributed by atoms with van der Waals surface area (Å²) in [5, 5.41) is 8.85. The molecule has 0 aliphatic heterocycles. The van der Waals surface area contributed by atoms with Gasteiger partial charge in [-0.15, -0.1) is 0 Å². The predicted octanol–water partition coefficient (Wildman–Crippen LogP) is 5.24. The maximum Gasteiger partial charge on any atom is 0.328 e. The van der Waals surface area contributed by atoms with E-state index in [0.717, 1.165) is 22.8 Å². The molecule has 1 aliphatic carbocycles. The Morgan fingerprint density at radius 2 is 1.81 bits per heavy atom. The Hall–Kier alpha value is -2.68. The minimum absolute atomic E-state index is 0.0542. The topological polar surface area (TPSA) is 54.4 Å². The molecule has 2 unspecified atom stereocenters. The average molecular weight is 362 g/mol. The van der Waals surface area contributed by atoms with E-state index in [1.165, 1.54) is 11.1 Å². The average Bonchev–Trinajstić information content (AvgIpc) is 2.81. The van der Waals surface area contributed by atoms with Crippen molar-refractivity contribution in [2.75, 3.05) is 0 Å². The van der Waals surface area contributed by atoms with E-state index in [-0.39, 0.29) is 17.6 Å². The lowest BCUT2D eigenvalue weighted by atomic mass is 9.77. The van der Waals surface area contributed by atoms with Crippen LogP contribution in [0.4, 0.5) is 0 Å². The summed E-state index contributed by atoms with van der Waals surface area (Å²) >= 11 is 0. The highest BCUT2D eigenvalue weighted by atomic mass is 16.4. The molecule has 0 saturated heterocycles. The van der Waals surface area contributed by atoms with E-state index in [0.29, 0.717) is 11.8 Å². The molecule has 3 rings (SSSR count). The van der Waals surface area contributed by atoms with Crippen LogP contribution in [0.1, 0.15) is 66.2 Å². The summed E-state index contributed by atoms with van der Waals surface area (Å²) in [5.74, 6) is 0.00674. The van der Waals surface area contributed by atoms with Gasteiger partial charge in [0.2, 0.25) is 0 Å². The molecule has 0 fully saturated rings. The third-order valence-electron chi connectivity index (χ3n) is 6.26. The fourth-order valence-corrected chi connectivity index (χ4v) is 4.13. The zero-order chi connectivity index (χ0) is 19.8. The summed E-state index contributed by atoms with van der Waals surface area (Å²) in [7, 11) is 0. The second-order valence-corrected chi connectivity index (χ2v) is 8.07. The van der Waals surface area contributed by atoms with Gasteiger partial charge in [0.15, 0.2) is 5.78 Å². The molecule has 0 heterocycles. The molecule has 2 aromatic carbocycles. The van der Waals surface area contributed by atoms with Crippen molar-refractivity contribution in [2.45, 2.75) is 45.4 Å². The van der Waals surface area contributed by atoms with Crippen molar-refractivity contribution in [1.29, 1.82) is 0 Å². The van der Waals surface area contributed by atoms with E-state index < -0.39 is 5.97 Å². The molecule has 2 aromatic rings. The first kappa shape index (κ1) is 19.1. The fourth-order valence-electron chi connectivity index (χ4n) is 4.13. The lowest BCUT2D eigenvalue weighted by molar-refractivity contribution is -0.131. The molecule has 3 heteroatoms. The number of carbonyl (C=O) groups excluding carboxylic acids is 1. The van der Waals surface area contributed by atoms with Gasteiger partial charge in [-0.2, -0.15) is 0 Å². The van der Waals surface area contributed by atoms with E-state index in [2.05, 4.69) is 39.8 Å². The highest BCUT2D eigenvalue weighted by Crippen LogP contribution is 2.50. The van der Waals surface area contributed by atoms with Crippen molar-refractivity contribution in [1.82, 2.24) is 0 Å². The van der Waals surface area contributed by atoms with Gasteiger partial charge in [0, 0.05) is 18.1 Å². The molecule has 2 atom stereocenters. The normalized spacial score (nSPS) is 20.6. The molecule has 27 heavy (non-hydrogen) atoms. The van der Waals surface area contributed by atoms with Crippen LogP contribution in [0.5, 0.6) is 0 Å². The van der Waals surface area contributed by atoms with Crippen LogP contribution >= 0.6 is 0 Å². The summed E-state index contributed by atoms with van der Waals surface area (Å²) in [5.41, 5.74) is 5.05. The summed E-state index contributed by atoms with van der Waals surface area (Å²) in [6.45, 7) is 9.05. The number of aliphatic carboxylic acids is 1. The molecule has 0 aromatic heterocycles. The van der Waals surface area contributed by atoms with Crippen LogP contribution in [-0.4, -0.2) is 16.9 Å². The Kier molecular flexibility index (Phi) is 5.05. The van der Waals surface area contributed by atoms with Crippen LogP contribution in [0.15, 0.2) is 48.5 Å². The molecule has 0 radical (unpaired) electrons. The Balaban J connectivity index is 1.88. The monoisotopic (exact) mass is 362 g/mol. The first-order chi connectivity index (χ1) is 12.7. The number of ketones is 1. The van der Waals surface area contributed by atoms with E-state index in [1.807, 2.05) is 30.3 Å². The van der Waals surface area contributed by atoms with Crippen LogP contribution in [0.25, 0.3) is 6.08 Å². The highest BCUT2D eigenvalue weighted by molar-refractivity contribution is 5.98. The van der Waals surface area contributed by atoms with Gasteiger partial charge in [0.1, 0.15) is 0 Å². The second-order valence-electron chi connectivity index (χ2n) is 8.07. The molecule has 3 nitrogen and oxygen atoms in total. The third-order valence-corrected chi connectivity index (χ3v) is 6.26. The Labute approximate surface area is 160 Å². The van der Waals surface area contributed by atoms with Gasteiger partial charge in [-0.05, 0) is 51.6 Å². The minimum Gasteiger partial charge on any atom is -0.478 e. The maximum atomic E-state index is 12.9. The van der Waals surface area contributed by atoms with Crippen molar-refractivity contribution in [3.05, 3.63) is 76.4 Å². The van der Waals surface area contributed by atoms with Crippen LogP contribution < -0.4 is 0 Å². The number of Topliss-reactive ketones (excluding diaryl/α,β-unsaturated/α-hetero) is 1. The van der Waals surface area contributed by atoms with Crippen molar-refractivity contribution in [3.63, 3.8) is 0 Å². The van der Waals surface area contributed by atoms with Gasteiger partial charge < -0.3 is 5.11 Å². The SMILES string of the molecule is CC1c2cc(C(=O)Cc3ccccc3/C=C/C(=O)O)ccc2C(C)(C)C1C. The summed E-state index contributed by atoms with van der Waals surface area (Å²) in [6.07, 6.45) is 2.90. The standard InChI is InChI=1S/C24H26O3/c1-15-16(2)24(3,4)21-11-9-19(13-20(15)21)22(25)14-18-8-6-5-7-17(18)10-12-23(26)27/h5-13,15-16H,14H2,1-4H3,(H,26,27)/b12-10+. The second kappa shape index (κ2) is 7.15. The Morgan fingerprint density at radius 1 is 1.11 bits per heavy atom. The van der Waals surface area contributed by atoms with E-state index in [4.69, 9.17) is 5.11 Å². The van der Waals surface area contributed by atoms with Gasteiger partial charge in [-0.1, -0.05) is 64.1 Å². The molecule has 1 aliphatic rings. The van der Waals surface area contributed by atoms with Crippen molar-refractivity contribution >= 4 is 17.8 Å². The first-order valence-corrected chi connectivity index (χ1v) is 9.38. The van der Waals surface area contributed by atoms with Gasteiger partial charge in [-0.3, -0.25) is 4.79 Å². The Bertz CT molecular complexity index is 921. The van der Waals surface area contributed by atoms with Gasteiger partial charge >= 0.3 is 5.97 Å². The zero-order valence-corrected chi connectivity index (χ0v) is 16.3. The summed E-state index contributed by atoms with van der Waals surface area (Å²) in [6, 6.07) is 13.5. The molecule has 140 valence electrons. The highest BCUT2D eigenvalue weighted by Gasteiger charge is 2.41. The molecule has 1 N–H and O–H groups in total. The summed E-state index contributed by atoms with van der Waals surface area (Å²) < 4.78 is 0. The molecule has 0 bridgehead atoms. The number of carboxylic acid groups (broad SMARTS) is 1. The van der Waals surface area contributed by atoms with E-state index in [9.17, 15) is 9.59 Å².